The molecule has 1 spiro atoms. The first kappa shape index (κ1) is 18.2. The Bertz CT molecular complexity index is 743. The fourth-order valence-corrected chi connectivity index (χ4v) is 4.02. The van der Waals surface area contributed by atoms with Gasteiger partial charge in [-0.15, -0.1) is 0 Å². The first-order valence-electron chi connectivity index (χ1n) is 9.92. The van der Waals surface area contributed by atoms with Gasteiger partial charge < -0.3 is 16.0 Å². The van der Waals surface area contributed by atoms with Crippen molar-refractivity contribution in [3.63, 3.8) is 0 Å². The van der Waals surface area contributed by atoms with Gasteiger partial charge in [-0.05, 0) is 45.1 Å². The second-order valence-electron chi connectivity index (χ2n) is 8.11. The quantitative estimate of drug-likeness (QED) is 0.457. The van der Waals surface area contributed by atoms with E-state index in [-0.39, 0.29) is 11.5 Å². The number of allylic oxidation sites excluding steroid dienone is 1. The Morgan fingerprint density at radius 3 is 2.85 bits per heavy atom. The molecule has 2 atom stereocenters. The van der Waals surface area contributed by atoms with Crippen LogP contribution in [-0.2, 0) is 0 Å². The number of amidine groups is 1. The lowest BCUT2D eigenvalue weighted by molar-refractivity contribution is -0.00318. The third-order valence-corrected chi connectivity index (χ3v) is 5.92. The van der Waals surface area contributed by atoms with Crippen LogP contribution in [-0.4, -0.2) is 41.3 Å². The second kappa shape index (κ2) is 7.46. The summed E-state index contributed by atoms with van der Waals surface area (Å²) in [6.45, 7) is 7.61. The normalized spacial score (nSPS) is 27.6. The molecule has 0 bridgehead atoms. The lowest BCUT2D eigenvalue weighted by atomic mass is 9.67. The molecule has 2 unspecified atom stereocenters. The molecule has 2 heterocycles. The van der Waals surface area contributed by atoms with E-state index in [1.54, 1.807) is 0 Å². The zero-order valence-electron chi connectivity index (χ0n) is 15.9. The van der Waals surface area contributed by atoms with Gasteiger partial charge >= 0.3 is 0 Å². The van der Waals surface area contributed by atoms with E-state index >= 15 is 0 Å². The van der Waals surface area contributed by atoms with Crippen LogP contribution in [0.1, 0.15) is 50.6 Å². The highest BCUT2D eigenvalue weighted by atomic mass is 19.1. The molecule has 2 aliphatic carbocycles. The lowest BCUT2D eigenvalue weighted by Gasteiger charge is -2.49. The monoisotopic (exact) mass is 372 g/mol. The van der Waals surface area contributed by atoms with Gasteiger partial charge in [0.25, 0.3) is 0 Å². The number of aromatic nitrogens is 2. The van der Waals surface area contributed by atoms with E-state index < -0.39 is 6.17 Å². The summed E-state index contributed by atoms with van der Waals surface area (Å²) in [6, 6.07) is 2.10. The molecule has 6 nitrogen and oxygen atoms in total. The highest BCUT2D eigenvalue weighted by Crippen LogP contribution is 2.42. The molecular weight excluding hydrogens is 343 g/mol. The second-order valence-corrected chi connectivity index (χ2v) is 8.11. The van der Waals surface area contributed by atoms with E-state index in [1.165, 1.54) is 12.8 Å². The van der Waals surface area contributed by atoms with Crippen LogP contribution in [0, 0.1) is 5.41 Å². The zero-order valence-corrected chi connectivity index (χ0v) is 15.9. The summed E-state index contributed by atoms with van der Waals surface area (Å²) < 4.78 is 14.6. The molecule has 1 saturated heterocycles. The van der Waals surface area contributed by atoms with Crippen LogP contribution in [0.15, 0.2) is 35.6 Å². The van der Waals surface area contributed by atoms with Crippen molar-refractivity contribution in [3.8, 4) is 0 Å². The molecule has 27 heavy (non-hydrogen) atoms. The van der Waals surface area contributed by atoms with E-state index in [1.807, 2.05) is 25.1 Å². The molecule has 7 heteroatoms. The summed E-state index contributed by atoms with van der Waals surface area (Å²) >= 11 is 0. The molecule has 3 fully saturated rings. The maximum atomic E-state index is 14.6. The van der Waals surface area contributed by atoms with Crippen LogP contribution in [0.3, 0.4) is 0 Å². The molecular formula is C20H29FN6. The number of aliphatic imine (C=N–C) groups is 1. The molecule has 146 valence electrons. The Labute approximate surface area is 159 Å². The molecule has 0 amide bonds. The Morgan fingerprint density at radius 2 is 2.22 bits per heavy atom. The van der Waals surface area contributed by atoms with Gasteiger partial charge in [0, 0.05) is 42.2 Å². The third-order valence-electron chi connectivity index (χ3n) is 5.92. The number of hydrogen-bond acceptors (Lipinski definition) is 4. The third kappa shape index (κ3) is 4.08. The van der Waals surface area contributed by atoms with Crippen molar-refractivity contribution in [1.29, 1.82) is 0 Å². The van der Waals surface area contributed by atoms with Gasteiger partial charge in [0.1, 0.15) is 12.0 Å². The summed E-state index contributed by atoms with van der Waals surface area (Å²) in [5.41, 5.74) is 1.03. The molecule has 0 radical (unpaired) electrons. The number of H-pyrrole nitrogens is 1. The van der Waals surface area contributed by atoms with Gasteiger partial charge in [-0.3, -0.25) is 5.10 Å². The Balaban J connectivity index is 1.33. The van der Waals surface area contributed by atoms with Gasteiger partial charge in [0.15, 0.2) is 5.82 Å². The van der Waals surface area contributed by atoms with Crippen molar-refractivity contribution in [2.75, 3.05) is 13.1 Å². The first-order chi connectivity index (χ1) is 13.1. The lowest BCUT2D eigenvalue weighted by Crippen LogP contribution is -2.62. The minimum Gasteiger partial charge on any atom is -0.369 e. The Hall–Kier alpha value is -2.15. The SMILES string of the molecule is C=C(NC(/C=C\C)=Nc1cc(C2CC2)[nH]n1)NC1CCC2(CNC2)C(F)C1. The average molecular weight is 372 g/mol. The molecule has 3 aliphatic rings. The number of nitrogens with one attached hydrogen (secondary N) is 4. The number of alkyl halides is 1. The van der Waals surface area contributed by atoms with Crippen LogP contribution in [0.5, 0.6) is 0 Å². The highest BCUT2D eigenvalue weighted by molar-refractivity contribution is 5.95. The molecule has 4 N–H and O–H groups in total. The standard InChI is InChI=1S/C20H29FN6/c1-3-4-18(25-19-10-16(26-27-19)14-5-6-14)24-13(2)23-15-7-8-20(11-22-12-20)17(21)9-15/h3-4,10,14-15,17,22-23H,2,5-9,11-12H2,1H3,(H2,24,25,26,27)/b4-3-. The predicted octanol–water partition coefficient (Wildman–Crippen LogP) is 3.02. The van der Waals surface area contributed by atoms with Gasteiger partial charge in [-0.25, -0.2) is 9.38 Å². The Morgan fingerprint density at radius 1 is 1.41 bits per heavy atom. The van der Waals surface area contributed by atoms with Crippen molar-refractivity contribution in [3.05, 3.63) is 36.3 Å². The minimum atomic E-state index is -0.758. The summed E-state index contributed by atoms with van der Waals surface area (Å²) in [5.74, 6) is 2.58. The first-order valence-corrected chi connectivity index (χ1v) is 9.92. The molecule has 1 aromatic rings. The molecule has 0 aromatic carbocycles. The van der Waals surface area contributed by atoms with Gasteiger partial charge in [-0.1, -0.05) is 12.7 Å². The highest BCUT2D eigenvalue weighted by Gasteiger charge is 2.48. The van der Waals surface area contributed by atoms with Crippen molar-refractivity contribution >= 4 is 11.7 Å². The maximum Gasteiger partial charge on any atom is 0.175 e. The summed E-state index contributed by atoms with van der Waals surface area (Å²) in [7, 11) is 0. The van der Waals surface area contributed by atoms with Gasteiger partial charge in [0.2, 0.25) is 0 Å². The molecule has 1 aromatic heterocycles. The summed E-state index contributed by atoms with van der Waals surface area (Å²) in [4.78, 5) is 4.57. The predicted molar refractivity (Wildman–Crippen MR) is 106 cm³/mol. The minimum absolute atomic E-state index is 0.102. The van der Waals surface area contributed by atoms with Crippen LogP contribution >= 0.6 is 0 Å². The van der Waals surface area contributed by atoms with Crippen LogP contribution in [0.4, 0.5) is 10.2 Å². The van der Waals surface area contributed by atoms with Gasteiger partial charge in [0.05, 0.1) is 5.82 Å². The zero-order chi connectivity index (χ0) is 18.9. The number of halogens is 1. The summed E-state index contributed by atoms with van der Waals surface area (Å²) in [5, 5.41) is 17.1. The van der Waals surface area contributed by atoms with Crippen molar-refractivity contribution in [2.45, 2.75) is 57.2 Å². The van der Waals surface area contributed by atoms with E-state index in [2.05, 4.69) is 37.7 Å². The fourth-order valence-electron chi connectivity index (χ4n) is 4.02. The van der Waals surface area contributed by atoms with Crippen molar-refractivity contribution in [1.82, 2.24) is 26.1 Å². The average Bonchev–Trinajstić information content (AvgIpc) is 3.34. The van der Waals surface area contributed by atoms with E-state index in [9.17, 15) is 4.39 Å². The smallest absolute Gasteiger partial charge is 0.175 e. The summed E-state index contributed by atoms with van der Waals surface area (Å²) in [6.07, 6.45) is 7.89. The Kier molecular flexibility index (Phi) is 5.04. The van der Waals surface area contributed by atoms with Crippen molar-refractivity contribution < 1.29 is 4.39 Å². The van der Waals surface area contributed by atoms with Crippen LogP contribution in [0.2, 0.25) is 0 Å². The van der Waals surface area contributed by atoms with E-state index in [4.69, 9.17) is 0 Å². The molecule has 2 saturated carbocycles. The molecule has 4 rings (SSSR count). The fraction of sp³-hybridized carbons (Fsp3) is 0.600. The number of hydrogen-bond donors (Lipinski definition) is 4. The van der Waals surface area contributed by atoms with Crippen LogP contribution in [0.25, 0.3) is 0 Å². The number of aromatic amines is 1. The largest absolute Gasteiger partial charge is 0.369 e. The van der Waals surface area contributed by atoms with Crippen LogP contribution < -0.4 is 16.0 Å². The van der Waals surface area contributed by atoms with E-state index in [0.717, 1.165) is 31.6 Å². The maximum absolute atomic E-state index is 14.6. The topological polar surface area (TPSA) is 77.1 Å². The molecule has 1 aliphatic heterocycles. The number of rotatable bonds is 6. The van der Waals surface area contributed by atoms with E-state index in [0.29, 0.717) is 29.8 Å². The van der Waals surface area contributed by atoms with Crippen molar-refractivity contribution in [2.24, 2.45) is 10.4 Å². The number of nitrogens with zero attached hydrogens (tertiary/aromatic N) is 2. The van der Waals surface area contributed by atoms with Gasteiger partial charge in [-0.2, -0.15) is 5.10 Å².